The van der Waals surface area contributed by atoms with Crippen LogP contribution in [0.3, 0.4) is 0 Å². The average molecular weight is 236 g/mol. The van der Waals surface area contributed by atoms with Crippen molar-refractivity contribution < 1.29 is 0 Å². The van der Waals surface area contributed by atoms with Gasteiger partial charge in [0.15, 0.2) is 0 Å². The van der Waals surface area contributed by atoms with Gasteiger partial charge in [-0.05, 0) is 54.8 Å². The number of rotatable bonds is 1. The minimum atomic E-state index is 0.671. The highest BCUT2D eigenvalue weighted by Gasteiger charge is 2.39. The summed E-state index contributed by atoms with van der Waals surface area (Å²) < 4.78 is 0. The minimum absolute atomic E-state index is 0.671. The first-order valence-corrected chi connectivity index (χ1v) is 8.01. The van der Waals surface area contributed by atoms with Gasteiger partial charge in [0.25, 0.3) is 0 Å². The summed E-state index contributed by atoms with van der Waals surface area (Å²) in [6, 6.07) is 0. The fourth-order valence-corrected chi connectivity index (χ4v) is 4.57. The van der Waals surface area contributed by atoms with Gasteiger partial charge >= 0.3 is 0 Å². The summed E-state index contributed by atoms with van der Waals surface area (Å²) in [4.78, 5) is 0. The van der Waals surface area contributed by atoms with E-state index in [2.05, 4.69) is 27.7 Å². The Morgan fingerprint density at radius 3 is 2.35 bits per heavy atom. The van der Waals surface area contributed by atoms with E-state index in [1.807, 2.05) is 0 Å². The maximum absolute atomic E-state index is 2.61. The van der Waals surface area contributed by atoms with Crippen LogP contribution >= 0.6 is 0 Å². The summed E-state index contributed by atoms with van der Waals surface area (Å²) >= 11 is 0. The first-order chi connectivity index (χ1) is 8.01. The van der Waals surface area contributed by atoms with Gasteiger partial charge in [-0.2, -0.15) is 0 Å². The fourth-order valence-electron chi connectivity index (χ4n) is 4.57. The lowest BCUT2D eigenvalue weighted by atomic mass is 9.61. The molecule has 0 amide bonds. The van der Waals surface area contributed by atoms with Crippen LogP contribution in [-0.4, -0.2) is 0 Å². The number of hydrogen-bond acceptors (Lipinski definition) is 0. The van der Waals surface area contributed by atoms with Gasteiger partial charge in [0, 0.05) is 0 Å². The molecule has 2 fully saturated rings. The van der Waals surface area contributed by atoms with E-state index >= 15 is 0 Å². The molecule has 0 aliphatic heterocycles. The highest BCUT2D eigenvalue weighted by atomic mass is 14.4. The molecule has 0 aromatic carbocycles. The Bertz CT molecular complexity index is 244. The van der Waals surface area contributed by atoms with Crippen molar-refractivity contribution >= 4 is 0 Å². The largest absolute Gasteiger partial charge is 0.0625 e. The molecule has 0 radical (unpaired) electrons. The topological polar surface area (TPSA) is 0 Å². The second kappa shape index (κ2) is 5.33. The van der Waals surface area contributed by atoms with Crippen LogP contribution in [0.2, 0.25) is 0 Å². The van der Waals surface area contributed by atoms with E-state index in [4.69, 9.17) is 0 Å². The Morgan fingerprint density at radius 1 is 0.882 bits per heavy atom. The van der Waals surface area contributed by atoms with Gasteiger partial charge in [0.2, 0.25) is 0 Å². The second-order valence-electron chi connectivity index (χ2n) is 7.67. The molecule has 100 valence electrons. The first-order valence-electron chi connectivity index (χ1n) is 8.01. The van der Waals surface area contributed by atoms with Crippen molar-refractivity contribution in [1.82, 2.24) is 0 Å². The molecule has 0 heteroatoms. The Hall–Kier alpha value is 0. The fraction of sp³-hybridized carbons (Fsp3) is 1.00. The van der Waals surface area contributed by atoms with Crippen LogP contribution in [-0.2, 0) is 0 Å². The van der Waals surface area contributed by atoms with Crippen LogP contribution in [0.4, 0.5) is 0 Å². The van der Waals surface area contributed by atoms with Gasteiger partial charge in [-0.3, -0.25) is 0 Å². The molecule has 0 heterocycles. The summed E-state index contributed by atoms with van der Waals surface area (Å²) in [5.41, 5.74) is 0.671. The molecule has 0 aromatic heterocycles. The van der Waals surface area contributed by atoms with Crippen molar-refractivity contribution in [2.24, 2.45) is 29.1 Å². The van der Waals surface area contributed by atoms with E-state index in [-0.39, 0.29) is 0 Å². The Kier molecular flexibility index (Phi) is 4.21. The van der Waals surface area contributed by atoms with Gasteiger partial charge in [-0.25, -0.2) is 0 Å². The lowest BCUT2D eigenvalue weighted by Gasteiger charge is -2.44. The quantitative estimate of drug-likeness (QED) is 0.515. The molecule has 0 N–H and O–H groups in total. The summed E-state index contributed by atoms with van der Waals surface area (Å²) in [5.74, 6) is 3.92. The van der Waals surface area contributed by atoms with Gasteiger partial charge in [0.05, 0.1) is 0 Å². The highest BCUT2D eigenvalue weighted by molar-refractivity contribution is 4.90. The van der Waals surface area contributed by atoms with Gasteiger partial charge in [-0.1, -0.05) is 53.4 Å². The molecule has 2 saturated carbocycles. The van der Waals surface area contributed by atoms with Crippen LogP contribution in [0.1, 0.15) is 79.1 Å². The lowest BCUT2D eigenvalue weighted by molar-refractivity contribution is 0.0633. The van der Waals surface area contributed by atoms with Crippen molar-refractivity contribution in [3.8, 4) is 0 Å². The maximum Gasteiger partial charge on any atom is -0.0295 e. The van der Waals surface area contributed by atoms with E-state index in [0.717, 1.165) is 23.7 Å². The van der Waals surface area contributed by atoms with Crippen molar-refractivity contribution in [3.63, 3.8) is 0 Å². The summed E-state index contributed by atoms with van der Waals surface area (Å²) in [6.07, 6.45) is 11.9. The van der Waals surface area contributed by atoms with Crippen molar-refractivity contribution in [1.29, 1.82) is 0 Å². The van der Waals surface area contributed by atoms with E-state index in [9.17, 15) is 0 Å². The molecule has 2 aliphatic carbocycles. The molecule has 0 nitrogen and oxygen atoms in total. The molecule has 5 atom stereocenters. The second-order valence-corrected chi connectivity index (χ2v) is 7.67. The Morgan fingerprint density at radius 2 is 1.65 bits per heavy atom. The third-order valence-electron chi connectivity index (χ3n) is 6.09. The Labute approximate surface area is 109 Å². The predicted molar refractivity (Wildman–Crippen MR) is 76.0 cm³/mol. The summed E-state index contributed by atoms with van der Waals surface area (Å²) in [7, 11) is 0. The standard InChI is InChI=1S/C17H32/c1-13-7-5-6-10-17(4,12-13)16-9-8-14(2)15(3)11-16/h13-16H,5-12H2,1-4H3/t13?,14?,15?,16?,17-/m1/s1. The van der Waals surface area contributed by atoms with E-state index in [1.54, 1.807) is 0 Å². The summed E-state index contributed by atoms with van der Waals surface area (Å²) in [5, 5.41) is 0. The molecular weight excluding hydrogens is 204 g/mol. The lowest BCUT2D eigenvalue weighted by Crippen LogP contribution is -2.34. The molecule has 17 heavy (non-hydrogen) atoms. The van der Waals surface area contributed by atoms with E-state index in [1.165, 1.54) is 51.4 Å². The monoisotopic (exact) mass is 236 g/mol. The van der Waals surface area contributed by atoms with Crippen LogP contribution < -0.4 is 0 Å². The molecule has 0 spiro atoms. The van der Waals surface area contributed by atoms with Gasteiger partial charge in [-0.15, -0.1) is 0 Å². The minimum Gasteiger partial charge on any atom is -0.0625 e. The van der Waals surface area contributed by atoms with Crippen LogP contribution in [0.25, 0.3) is 0 Å². The highest BCUT2D eigenvalue weighted by Crippen LogP contribution is 2.50. The zero-order valence-corrected chi connectivity index (χ0v) is 12.5. The third-order valence-corrected chi connectivity index (χ3v) is 6.09. The van der Waals surface area contributed by atoms with Gasteiger partial charge < -0.3 is 0 Å². The predicted octanol–water partition coefficient (Wildman–Crippen LogP) is 5.67. The van der Waals surface area contributed by atoms with Crippen molar-refractivity contribution in [3.05, 3.63) is 0 Å². The maximum atomic E-state index is 2.61. The normalized spacial score (nSPS) is 48.7. The summed E-state index contributed by atoms with van der Waals surface area (Å²) in [6.45, 7) is 10.0. The molecule has 0 bridgehead atoms. The van der Waals surface area contributed by atoms with Crippen molar-refractivity contribution in [2.75, 3.05) is 0 Å². The number of hydrogen-bond donors (Lipinski definition) is 0. The first kappa shape index (κ1) is 13.4. The zero-order chi connectivity index (χ0) is 12.5. The SMILES string of the molecule is CC1CCCC[C@@](C)(C2CCC(C)C(C)C2)C1. The molecule has 4 unspecified atom stereocenters. The van der Waals surface area contributed by atoms with Crippen LogP contribution in [0.5, 0.6) is 0 Å². The van der Waals surface area contributed by atoms with Crippen LogP contribution in [0.15, 0.2) is 0 Å². The zero-order valence-electron chi connectivity index (χ0n) is 12.5. The average Bonchev–Trinajstić information content (AvgIpc) is 2.44. The van der Waals surface area contributed by atoms with Gasteiger partial charge in [0.1, 0.15) is 0 Å². The molecule has 2 rings (SSSR count). The molecule has 2 aliphatic rings. The smallest absolute Gasteiger partial charge is 0.0295 e. The van der Waals surface area contributed by atoms with E-state index < -0.39 is 0 Å². The van der Waals surface area contributed by atoms with E-state index in [0.29, 0.717) is 5.41 Å². The molecular formula is C17H32. The molecule has 0 saturated heterocycles. The van der Waals surface area contributed by atoms with Crippen molar-refractivity contribution in [2.45, 2.75) is 79.1 Å². The third kappa shape index (κ3) is 3.06. The Balaban J connectivity index is 2.03. The van der Waals surface area contributed by atoms with Crippen LogP contribution in [0, 0.1) is 29.1 Å². The molecule has 0 aromatic rings.